The second-order valence-corrected chi connectivity index (χ2v) is 11.3. The molecule has 1 N–H and O–H groups in total. The van der Waals surface area contributed by atoms with E-state index in [-0.39, 0.29) is 18.7 Å². The van der Waals surface area contributed by atoms with Gasteiger partial charge in [-0.2, -0.15) is 13.2 Å². The minimum absolute atomic E-state index is 0.0136. The number of amides is 2. The van der Waals surface area contributed by atoms with Gasteiger partial charge in [-0.3, -0.25) is 13.9 Å². The first kappa shape index (κ1) is 30.7. The lowest BCUT2D eigenvalue weighted by Gasteiger charge is -2.34. The highest BCUT2D eigenvalue weighted by Crippen LogP contribution is 2.32. The third-order valence-electron chi connectivity index (χ3n) is 6.36. The lowest BCUT2D eigenvalue weighted by Crippen LogP contribution is -2.53. The maximum Gasteiger partial charge on any atom is 0.416 e. The van der Waals surface area contributed by atoms with Crippen molar-refractivity contribution in [2.24, 2.45) is 0 Å². The van der Waals surface area contributed by atoms with E-state index in [1.54, 1.807) is 31.2 Å². The average Bonchev–Trinajstić information content (AvgIpc) is 2.89. The van der Waals surface area contributed by atoms with Crippen molar-refractivity contribution >= 4 is 27.5 Å². The van der Waals surface area contributed by atoms with Gasteiger partial charge in [0, 0.05) is 19.5 Å². The van der Waals surface area contributed by atoms with Gasteiger partial charge in [-0.15, -0.1) is 0 Å². The predicted octanol–water partition coefficient (Wildman–Crippen LogP) is 4.56. The summed E-state index contributed by atoms with van der Waals surface area (Å²) >= 11 is 0. The molecule has 3 rings (SSSR count). The highest BCUT2D eigenvalue weighted by molar-refractivity contribution is 7.92. The molecule has 40 heavy (non-hydrogen) atoms. The smallest absolute Gasteiger partial charge is 0.355 e. The molecule has 3 aromatic rings. The number of aryl methyl sites for hydroxylation is 1. The number of benzene rings is 3. The van der Waals surface area contributed by atoms with E-state index in [2.05, 4.69) is 5.32 Å². The van der Waals surface area contributed by atoms with Crippen LogP contribution in [0.1, 0.15) is 29.2 Å². The standard InChI is InChI=1S/C29H32F3N3O4S/c1-4-33-28(37)26(17-22-12-6-5-7-13-22)34(19-23-14-9-8-11-21(23)2)27(36)20-35(40(3,38)39)25-16-10-15-24(18-25)29(30,31)32/h5-16,18,26H,4,17,19-20H2,1-3H3,(H,33,37)/t26-/m0/s1. The molecule has 0 aliphatic rings. The fraction of sp³-hybridized carbons (Fsp3) is 0.310. The van der Waals surface area contributed by atoms with Gasteiger partial charge in [-0.25, -0.2) is 8.42 Å². The lowest BCUT2D eigenvalue weighted by molar-refractivity contribution is -0.140. The number of hydrogen-bond donors (Lipinski definition) is 1. The Labute approximate surface area is 232 Å². The number of likely N-dealkylation sites (N-methyl/N-ethyl adjacent to an activating group) is 1. The SMILES string of the molecule is CCNC(=O)[C@H](Cc1ccccc1)N(Cc1ccccc1C)C(=O)CN(c1cccc(C(F)(F)F)c1)S(C)(=O)=O. The van der Waals surface area contributed by atoms with E-state index in [0.717, 1.165) is 35.1 Å². The van der Waals surface area contributed by atoms with Gasteiger partial charge in [0.25, 0.3) is 0 Å². The van der Waals surface area contributed by atoms with Gasteiger partial charge >= 0.3 is 6.18 Å². The molecule has 7 nitrogen and oxygen atoms in total. The minimum atomic E-state index is -4.71. The summed E-state index contributed by atoms with van der Waals surface area (Å²) in [6.45, 7) is 3.08. The average molecular weight is 576 g/mol. The van der Waals surface area contributed by atoms with Crippen molar-refractivity contribution in [2.45, 2.75) is 39.0 Å². The Morgan fingerprint density at radius 2 is 1.60 bits per heavy atom. The molecule has 2 amide bonds. The largest absolute Gasteiger partial charge is 0.416 e. The second-order valence-electron chi connectivity index (χ2n) is 9.37. The number of nitrogens with one attached hydrogen (secondary N) is 1. The first-order valence-electron chi connectivity index (χ1n) is 12.6. The second kappa shape index (κ2) is 13.0. The Kier molecular flexibility index (Phi) is 9.97. The number of rotatable bonds is 11. The molecule has 3 aromatic carbocycles. The molecular formula is C29H32F3N3O4S. The maximum absolute atomic E-state index is 13.9. The Hall–Kier alpha value is -3.86. The maximum atomic E-state index is 13.9. The molecule has 0 aliphatic heterocycles. The van der Waals surface area contributed by atoms with Crippen molar-refractivity contribution in [2.75, 3.05) is 23.7 Å². The van der Waals surface area contributed by atoms with Crippen LogP contribution in [0.25, 0.3) is 0 Å². The van der Waals surface area contributed by atoms with Crippen molar-refractivity contribution in [1.29, 1.82) is 0 Å². The van der Waals surface area contributed by atoms with Crippen molar-refractivity contribution in [3.63, 3.8) is 0 Å². The number of halogens is 3. The van der Waals surface area contributed by atoms with E-state index in [1.165, 1.54) is 11.0 Å². The minimum Gasteiger partial charge on any atom is -0.355 e. The summed E-state index contributed by atoms with van der Waals surface area (Å²) in [7, 11) is -4.19. The fourth-order valence-corrected chi connectivity index (χ4v) is 5.11. The number of alkyl halides is 3. The first-order valence-corrected chi connectivity index (χ1v) is 14.5. The molecule has 0 saturated heterocycles. The third kappa shape index (κ3) is 8.08. The van der Waals surface area contributed by atoms with Gasteiger partial charge in [0.1, 0.15) is 12.6 Å². The zero-order valence-corrected chi connectivity index (χ0v) is 23.3. The zero-order chi connectivity index (χ0) is 29.5. The summed E-state index contributed by atoms with van der Waals surface area (Å²) in [5, 5.41) is 2.75. The topological polar surface area (TPSA) is 86.8 Å². The predicted molar refractivity (Wildman–Crippen MR) is 148 cm³/mol. The molecule has 0 radical (unpaired) electrons. The van der Waals surface area contributed by atoms with Gasteiger partial charge < -0.3 is 10.2 Å². The van der Waals surface area contributed by atoms with Gasteiger partial charge in [0.05, 0.1) is 17.5 Å². The van der Waals surface area contributed by atoms with Crippen LogP contribution in [0, 0.1) is 6.92 Å². The van der Waals surface area contributed by atoms with Gasteiger partial charge in [-0.1, -0.05) is 60.7 Å². The molecule has 0 bridgehead atoms. The molecule has 214 valence electrons. The lowest BCUT2D eigenvalue weighted by atomic mass is 10.0. The van der Waals surface area contributed by atoms with Crippen LogP contribution in [-0.4, -0.2) is 50.5 Å². The van der Waals surface area contributed by atoms with Crippen LogP contribution < -0.4 is 9.62 Å². The van der Waals surface area contributed by atoms with E-state index in [9.17, 15) is 31.2 Å². The first-order chi connectivity index (χ1) is 18.8. The van der Waals surface area contributed by atoms with Crippen molar-refractivity contribution in [1.82, 2.24) is 10.2 Å². The molecule has 0 spiro atoms. The normalized spacial score (nSPS) is 12.4. The Bertz CT molecular complexity index is 1430. The quantitative estimate of drug-likeness (QED) is 0.363. The van der Waals surface area contributed by atoms with Crippen molar-refractivity contribution in [3.8, 4) is 0 Å². The van der Waals surface area contributed by atoms with Crippen LogP contribution in [0.15, 0.2) is 78.9 Å². The number of hydrogen-bond acceptors (Lipinski definition) is 4. The summed E-state index contributed by atoms with van der Waals surface area (Å²) in [4.78, 5) is 28.5. The summed E-state index contributed by atoms with van der Waals surface area (Å²) < 4.78 is 66.3. The number of anilines is 1. The molecule has 0 unspecified atom stereocenters. The zero-order valence-electron chi connectivity index (χ0n) is 22.5. The highest BCUT2D eigenvalue weighted by Gasteiger charge is 2.35. The molecule has 1 atom stereocenters. The van der Waals surface area contributed by atoms with Crippen LogP contribution in [0.5, 0.6) is 0 Å². The van der Waals surface area contributed by atoms with E-state index in [1.807, 2.05) is 37.3 Å². The van der Waals surface area contributed by atoms with Crippen molar-refractivity contribution < 1.29 is 31.2 Å². The third-order valence-corrected chi connectivity index (χ3v) is 7.51. The Balaban J connectivity index is 2.07. The highest BCUT2D eigenvalue weighted by atomic mass is 32.2. The van der Waals surface area contributed by atoms with Crippen LogP contribution in [-0.2, 0) is 38.8 Å². The number of carbonyl (C=O) groups is 2. The number of sulfonamides is 1. The summed E-state index contributed by atoms with van der Waals surface area (Å²) in [6.07, 6.45) is -3.75. The number of carbonyl (C=O) groups excluding carboxylic acids is 2. The number of nitrogens with zero attached hydrogens (tertiary/aromatic N) is 2. The molecule has 0 fully saturated rings. The van der Waals surface area contributed by atoms with E-state index >= 15 is 0 Å². The molecule has 0 saturated carbocycles. The van der Waals surface area contributed by atoms with Crippen molar-refractivity contribution in [3.05, 3.63) is 101 Å². The Morgan fingerprint density at radius 1 is 0.950 bits per heavy atom. The van der Waals surface area contributed by atoms with E-state index in [4.69, 9.17) is 0 Å². The fourth-order valence-electron chi connectivity index (χ4n) is 4.27. The van der Waals surface area contributed by atoms with Crippen LogP contribution in [0.4, 0.5) is 18.9 Å². The summed E-state index contributed by atoms with van der Waals surface area (Å²) in [6, 6.07) is 19.1. The molecule has 0 aliphatic carbocycles. The van der Waals surface area contributed by atoms with Gasteiger partial charge in [-0.05, 0) is 48.7 Å². The van der Waals surface area contributed by atoms with Gasteiger partial charge in [0.15, 0.2) is 0 Å². The summed E-state index contributed by atoms with van der Waals surface area (Å²) in [5.41, 5.74) is 1.01. The molecule has 0 heterocycles. The van der Waals surface area contributed by atoms with E-state index in [0.29, 0.717) is 16.9 Å². The van der Waals surface area contributed by atoms with Crippen LogP contribution in [0.2, 0.25) is 0 Å². The molecule has 11 heteroatoms. The van der Waals surface area contributed by atoms with Crippen LogP contribution >= 0.6 is 0 Å². The van der Waals surface area contributed by atoms with Gasteiger partial charge in [0.2, 0.25) is 21.8 Å². The molecular weight excluding hydrogens is 543 g/mol. The Morgan fingerprint density at radius 3 is 2.20 bits per heavy atom. The summed E-state index contributed by atoms with van der Waals surface area (Å²) in [5.74, 6) is -1.17. The molecule has 0 aromatic heterocycles. The van der Waals surface area contributed by atoms with Crippen LogP contribution in [0.3, 0.4) is 0 Å². The van der Waals surface area contributed by atoms with E-state index < -0.39 is 46.2 Å². The monoisotopic (exact) mass is 575 g/mol.